The third-order valence-electron chi connectivity index (χ3n) is 3.11. The van der Waals surface area contributed by atoms with Gasteiger partial charge in [0.25, 0.3) is 0 Å². The lowest BCUT2D eigenvalue weighted by Gasteiger charge is -2.06. The van der Waals surface area contributed by atoms with E-state index in [4.69, 9.17) is 5.11 Å². The zero-order chi connectivity index (χ0) is 15.8. The second kappa shape index (κ2) is 8.56. The lowest BCUT2D eigenvalue weighted by atomic mass is 10.2. The van der Waals surface area contributed by atoms with Crippen molar-refractivity contribution in [1.29, 1.82) is 0 Å². The van der Waals surface area contributed by atoms with E-state index in [0.29, 0.717) is 12.3 Å². The van der Waals surface area contributed by atoms with Crippen LogP contribution in [0.15, 0.2) is 48.5 Å². The van der Waals surface area contributed by atoms with E-state index in [2.05, 4.69) is 5.32 Å². The van der Waals surface area contributed by atoms with Crippen LogP contribution in [-0.2, 0) is 23.7 Å². The molecule has 0 aliphatic carbocycles. The first-order chi connectivity index (χ1) is 10.7. The fourth-order valence-electron chi connectivity index (χ4n) is 1.86. The molecule has 0 spiro atoms. The Balaban J connectivity index is 1.67. The molecule has 0 aliphatic rings. The fourth-order valence-corrected chi connectivity index (χ4v) is 2.67. The molecule has 0 heterocycles. The van der Waals surface area contributed by atoms with Crippen LogP contribution in [0.2, 0.25) is 0 Å². The molecule has 0 fully saturated rings. The number of rotatable bonds is 7. The molecular weight excluding hydrogens is 301 g/mol. The van der Waals surface area contributed by atoms with Gasteiger partial charge in [-0.2, -0.15) is 0 Å². The highest BCUT2D eigenvalue weighted by molar-refractivity contribution is 7.99. The molecule has 2 aromatic rings. The number of hydrogen-bond acceptors (Lipinski definition) is 3. The predicted molar refractivity (Wildman–Crippen MR) is 86.8 cm³/mol. The molecule has 1 amide bonds. The summed E-state index contributed by atoms with van der Waals surface area (Å²) < 4.78 is 12.8. The highest BCUT2D eigenvalue weighted by Crippen LogP contribution is 2.13. The first-order valence-corrected chi connectivity index (χ1v) is 8.10. The molecule has 22 heavy (non-hydrogen) atoms. The normalized spacial score (nSPS) is 10.5. The largest absolute Gasteiger partial charge is 0.392 e. The molecule has 2 aromatic carbocycles. The Labute approximate surface area is 133 Å². The Hall–Kier alpha value is -1.85. The molecule has 2 N–H and O–H groups in total. The lowest BCUT2D eigenvalue weighted by Crippen LogP contribution is -2.24. The van der Waals surface area contributed by atoms with E-state index in [1.165, 1.54) is 23.9 Å². The molecule has 0 bridgehead atoms. The van der Waals surface area contributed by atoms with Crippen LogP contribution < -0.4 is 5.32 Å². The van der Waals surface area contributed by atoms with Crippen LogP contribution in [0.4, 0.5) is 4.39 Å². The molecule has 0 aromatic heterocycles. The van der Waals surface area contributed by atoms with Gasteiger partial charge >= 0.3 is 0 Å². The quantitative estimate of drug-likeness (QED) is 0.825. The van der Waals surface area contributed by atoms with Crippen molar-refractivity contribution >= 4 is 17.7 Å². The van der Waals surface area contributed by atoms with Crippen molar-refractivity contribution in [2.45, 2.75) is 18.9 Å². The summed E-state index contributed by atoms with van der Waals surface area (Å²) in [6.45, 7) is 0.448. The SMILES string of the molecule is O=C(CSCc1ccc(CO)cc1)NCc1ccc(F)cc1. The highest BCUT2D eigenvalue weighted by atomic mass is 32.2. The summed E-state index contributed by atoms with van der Waals surface area (Å²) in [6.07, 6.45) is 0. The Morgan fingerprint density at radius 3 is 2.23 bits per heavy atom. The number of carbonyl (C=O) groups is 1. The average molecular weight is 319 g/mol. The van der Waals surface area contributed by atoms with Gasteiger partial charge in [0, 0.05) is 12.3 Å². The molecule has 0 saturated heterocycles. The summed E-state index contributed by atoms with van der Waals surface area (Å²) in [4.78, 5) is 11.7. The minimum atomic E-state index is -0.280. The fraction of sp³-hybridized carbons (Fsp3) is 0.235. The molecule has 2 rings (SSSR count). The van der Waals surface area contributed by atoms with Gasteiger partial charge in [-0.15, -0.1) is 11.8 Å². The number of hydrogen-bond donors (Lipinski definition) is 2. The zero-order valence-corrected chi connectivity index (χ0v) is 12.9. The Morgan fingerprint density at radius 1 is 1.00 bits per heavy atom. The first-order valence-electron chi connectivity index (χ1n) is 6.95. The molecule has 116 valence electrons. The molecule has 0 unspecified atom stereocenters. The molecule has 5 heteroatoms. The zero-order valence-electron chi connectivity index (χ0n) is 12.1. The second-order valence-electron chi connectivity index (χ2n) is 4.87. The molecule has 0 saturated carbocycles. The van der Waals surface area contributed by atoms with Gasteiger partial charge in [0.15, 0.2) is 0 Å². The summed E-state index contributed by atoms with van der Waals surface area (Å²) >= 11 is 1.53. The molecule has 0 atom stereocenters. The maximum Gasteiger partial charge on any atom is 0.230 e. The van der Waals surface area contributed by atoms with Crippen LogP contribution in [0.25, 0.3) is 0 Å². The number of thioether (sulfide) groups is 1. The van der Waals surface area contributed by atoms with Crippen molar-refractivity contribution in [3.63, 3.8) is 0 Å². The van der Waals surface area contributed by atoms with E-state index in [-0.39, 0.29) is 18.3 Å². The predicted octanol–water partition coefficient (Wildman–Crippen LogP) is 2.87. The van der Waals surface area contributed by atoms with Gasteiger partial charge in [-0.05, 0) is 28.8 Å². The summed E-state index contributed by atoms with van der Waals surface area (Å²) in [5.41, 5.74) is 2.87. The van der Waals surface area contributed by atoms with Gasteiger partial charge in [-0.25, -0.2) is 4.39 Å². The van der Waals surface area contributed by atoms with Crippen LogP contribution in [0.1, 0.15) is 16.7 Å². The molecule has 0 aliphatic heterocycles. The van der Waals surface area contributed by atoms with Gasteiger partial charge in [0.1, 0.15) is 5.82 Å². The third kappa shape index (κ3) is 5.50. The van der Waals surface area contributed by atoms with E-state index >= 15 is 0 Å². The lowest BCUT2D eigenvalue weighted by molar-refractivity contribution is -0.118. The Kier molecular flexibility index (Phi) is 6.43. The van der Waals surface area contributed by atoms with Gasteiger partial charge in [0.2, 0.25) is 5.91 Å². The first kappa shape index (κ1) is 16.5. The second-order valence-corrected chi connectivity index (χ2v) is 5.86. The number of aliphatic hydroxyl groups excluding tert-OH is 1. The average Bonchev–Trinajstić information content (AvgIpc) is 2.55. The Bertz CT molecular complexity index is 599. The van der Waals surface area contributed by atoms with Crippen molar-refractivity contribution in [3.05, 3.63) is 71.0 Å². The summed E-state index contributed by atoms with van der Waals surface area (Å²) in [5.74, 6) is 0.803. The van der Waals surface area contributed by atoms with Gasteiger partial charge in [-0.3, -0.25) is 4.79 Å². The maximum absolute atomic E-state index is 12.8. The monoisotopic (exact) mass is 319 g/mol. The number of amides is 1. The smallest absolute Gasteiger partial charge is 0.230 e. The van der Waals surface area contributed by atoms with Crippen LogP contribution in [0, 0.1) is 5.82 Å². The maximum atomic E-state index is 12.8. The van der Waals surface area contributed by atoms with Crippen LogP contribution in [0.3, 0.4) is 0 Å². The number of benzene rings is 2. The molecular formula is C17H18FNO2S. The van der Waals surface area contributed by atoms with Crippen LogP contribution in [0.5, 0.6) is 0 Å². The van der Waals surface area contributed by atoms with Crippen molar-refractivity contribution in [1.82, 2.24) is 5.32 Å². The number of aliphatic hydroxyl groups is 1. The van der Waals surface area contributed by atoms with Crippen molar-refractivity contribution < 1.29 is 14.3 Å². The standard InChI is InChI=1S/C17H18FNO2S/c18-16-7-5-13(6-8-16)9-19-17(21)12-22-11-15-3-1-14(10-20)2-4-15/h1-8,20H,9-12H2,(H,19,21). The van der Waals surface area contributed by atoms with Crippen molar-refractivity contribution in [2.24, 2.45) is 0 Å². The topological polar surface area (TPSA) is 49.3 Å². The summed E-state index contributed by atoms with van der Waals surface area (Å²) in [5, 5.41) is 11.8. The van der Waals surface area contributed by atoms with E-state index in [1.54, 1.807) is 12.1 Å². The van der Waals surface area contributed by atoms with Gasteiger partial charge < -0.3 is 10.4 Å². The van der Waals surface area contributed by atoms with Gasteiger partial charge in [0.05, 0.1) is 12.4 Å². The molecule has 3 nitrogen and oxygen atoms in total. The van der Waals surface area contributed by atoms with E-state index in [0.717, 1.165) is 22.4 Å². The third-order valence-corrected chi connectivity index (χ3v) is 4.11. The summed E-state index contributed by atoms with van der Waals surface area (Å²) in [7, 11) is 0. The minimum absolute atomic E-state index is 0.0405. The van der Waals surface area contributed by atoms with E-state index < -0.39 is 0 Å². The van der Waals surface area contributed by atoms with Crippen molar-refractivity contribution in [3.8, 4) is 0 Å². The minimum Gasteiger partial charge on any atom is -0.392 e. The van der Waals surface area contributed by atoms with Gasteiger partial charge in [-0.1, -0.05) is 36.4 Å². The number of carbonyl (C=O) groups excluding carboxylic acids is 1. The number of nitrogens with one attached hydrogen (secondary N) is 1. The van der Waals surface area contributed by atoms with Crippen LogP contribution in [-0.4, -0.2) is 16.8 Å². The summed E-state index contributed by atoms with van der Waals surface area (Å²) in [6, 6.07) is 13.7. The van der Waals surface area contributed by atoms with E-state index in [9.17, 15) is 9.18 Å². The highest BCUT2D eigenvalue weighted by Gasteiger charge is 2.03. The van der Waals surface area contributed by atoms with E-state index in [1.807, 2.05) is 24.3 Å². The Morgan fingerprint density at radius 2 is 1.59 bits per heavy atom. The molecule has 0 radical (unpaired) electrons. The number of halogens is 1. The van der Waals surface area contributed by atoms with Crippen molar-refractivity contribution in [2.75, 3.05) is 5.75 Å². The van der Waals surface area contributed by atoms with Crippen LogP contribution >= 0.6 is 11.8 Å².